The molecule has 136 valence electrons. The summed E-state index contributed by atoms with van der Waals surface area (Å²) in [6, 6.07) is 5.56. The van der Waals surface area contributed by atoms with Gasteiger partial charge in [-0.25, -0.2) is 4.72 Å². The van der Waals surface area contributed by atoms with Crippen molar-refractivity contribution in [1.29, 1.82) is 0 Å². The van der Waals surface area contributed by atoms with E-state index in [4.69, 9.17) is 14.2 Å². The zero-order chi connectivity index (χ0) is 17.7. The molecule has 0 bridgehead atoms. The third-order valence-electron chi connectivity index (χ3n) is 3.87. The number of methoxy groups -OCH3 is 2. The summed E-state index contributed by atoms with van der Waals surface area (Å²) in [5.41, 5.74) is 0.971. The van der Waals surface area contributed by atoms with Crippen LogP contribution in [0.25, 0.3) is 0 Å². The van der Waals surface area contributed by atoms with Crippen LogP contribution in [0.5, 0.6) is 11.5 Å². The largest absolute Gasteiger partial charge is 0.493 e. The van der Waals surface area contributed by atoms with Gasteiger partial charge in [-0.05, 0) is 38.0 Å². The Morgan fingerprint density at radius 2 is 1.79 bits per heavy atom. The summed E-state index contributed by atoms with van der Waals surface area (Å²) in [6.07, 6.45) is 0.363. The molecule has 1 fully saturated rings. The van der Waals surface area contributed by atoms with Crippen LogP contribution in [-0.2, 0) is 21.4 Å². The molecule has 0 radical (unpaired) electrons. The Morgan fingerprint density at radius 1 is 1.17 bits per heavy atom. The first-order chi connectivity index (χ1) is 11.4. The van der Waals surface area contributed by atoms with Gasteiger partial charge in [0.25, 0.3) is 10.2 Å². The van der Waals surface area contributed by atoms with Crippen molar-refractivity contribution in [3.63, 3.8) is 0 Å². The molecule has 1 aliphatic heterocycles. The quantitative estimate of drug-likeness (QED) is 0.792. The monoisotopic (exact) mass is 358 g/mol. The SMILES string of the molecule is COc1ccc(CCNS(=O)(=O)N2CC(C)OC(C)C2)cc1OC. The maximum Gasteiger partial charge on any atom is 0.279 e. The fourth-order valence-electron chi connectivity index (χ4n) is 2.78. The van der Waals surface area contributed by atoms with E-state index in [0.29, 0.717) is 37.6 Å². The number of morpholine rings is 1. The van der Waals surface area contributed by atoms with Gasteiger partial charge in [0.15, 0.2) is 11.5 Å². The highest BCUT2D eigenvalue weighted by Gasteiger charge is 2.30. The average Bonchev–Trinajstić information content (AvgIpc) is 2.53. The number of nitrogens with zero attached hydrogens (tertiary/aromatic N) is 1. The van der Waals surface area contributed by atoms with Gasteiger partial charge in [0, 0.05) is 19.6 Å². The minimum atomic E-state index is -3.50. The zero-order valence-electron chi connectivity index (χ0n) is 14.6. The summed E-state index contributed by atoms with van der Waals surface area (Å²) in [5, 5.41) is 0. The average molecular weight is 358 g/mol. The Balaban J connectivity index is 1.93. The summed E-state index contributed by atoms with van der Waals surface area (Å²) < 4.78 is 44.9. The minimum absolute atomic E-state index is 0.101. The molecule has 1 N–H and O–H groups in total. The Labute approximate surface area is 144 Å². The Morgan fingerprint density at radius 3 is 2.38 bits per heavy atom. The van der Waals surface area contributed by atoms with Gasteiger partial charge in [0.05, 0.1) is 26.4 Å². The second kappa shape index (κ2) is 8.15. The summed E-state index contributed by atoms with van der Waals surface area (Å²) >= 11 is 0. The van der Waals surface area contributed by atoms with Gasteiger partial charge < -0.3 is 14.2 Å². The Bertz CT molecular complexity index is 640. The summed E-state index contributed by atoms with van der Waals surface area (Å²) in [4.78, 5) is 0. The number of hydrogen-bond acceptors (Lipinski definition) is 5. The molecule has 1 aromatic carbocycles. The number of rotatable bonds is 7. The van der Waals surface area contributed by atoms with Gasteiger partial charge in [-0.3, -0.25) is 0 Å². The van der Waals surface area contributed by atoms with Crippen molar-refractivity contribution in [3.8, 4) is 11.5 Å². The number of hydrogen-bond donors (Lipinski definition) is 1. The zero-order valence-corrected chi connectivity index (χ0v) is 15.4. The van der Waals surface area contributed by atoms with Crippen LogP contribution < -0.4 is 14.2 Å². The molecule has 0 aromatic heterocycles. The van der Waals surface area contributed by atoms with Gasteiger partial charge in [0.2, 0.25) is 0 Å². The van der Waals surface area contributed by atoms with Crippen LogP contribution in [0.1, 0.15) is 19.4 Å². The molecule has 0 amide bonds. The van der Waals surface area contributed by atoms with Gasteiger partial charge in [-0.2, -0.15) is 12.7 Å². The molecule has 1 aromatic rings. The molecule has 0 aliphatic carbocycles. The predicted octanol–water partition coefficient (Wildman–Crippen LogP) is 1.19. The number of benzene rings is 1. The molecular weight excluding hydrogens is 332 g/mol. The topological polar surface area (TPSA) is 77.1 Å². The highest BCUT2D eigenvalue weighted by atomic mass is 32.2. The van der Waals surface area contributed by atoms with Gasteiger partial charge in [0.1, 0.15) is 0 Å². The van der Waals surface area contributed by atoms with E-state index in [1.165, 1.54) is 4.31 Å². The van der Waals surface area contributed by atoms with Crippen LogP contribution in [0.2, 0.25) is 0 Å². The molecule has 1 saturated heterocycles. The molecule has 0 spiro atoms. The summed E-state index contributed by atoms with van der Waals surface area (Å²) in [5.74, 6) is 1.28. The molecule has 1 aliphatic rings. The molecule has 7 nitrogen and oxygen atoms in total. The first kappa shape index (κ1) is 19.0. The van der Waals surface area contributed by atoms with E-state index in [0.717, 1.165) is 5.56 Å². The van der Waals surface area contributed by atoms with Crippen molar-refractivity contribution < 1.29 is 22.6 Å². The van der Waals surface area contributed by atoms with Crippen molar-refractivity contribution in [2.75, 3.05) is 33.9 Å². The van der Waals surface area contributed by atoms with E-state index in [2.05, 4.69) is 4.72 Å². The molecule has 0 saturated carbocycles. The summed E-state index contributed by atoms with van der Waals surface area (Å²) in [6.45, 7) is 4.81. The molecular formula is C16H26N2O5S. The van der Waals surface area contributed by atoms with Crippen LogP contribution in [0.3, 0.4) is 0 Å². The fourth-order valence-corrected chi connectivity index (χ4v) is 4.13. The van der Waals surface area contributed by atoms with Gasteiger partial charge in [-0.15, -0.1) is 0 Å². The normalized spacial score (nSPS) is 22.3. The van der Waals surface area contributed by atoms with Crippen molar-refractivity contribution in [2.45, 2.75) is 32.5 Å². The summed E-state index contributed by atoms with van der Waals surface area (Å²) in [7, 11) is -0.347. The lowest BCUT2D eigenvalue weighted by atomic mass is 10.1. The highest BCUT2D eigenvalue weighted by Crippen LogP contribution is 2.27. The molecule has 2 unspecified atom stereocenters. The van der Waals surface area contributed by atoms with Crippen molar-refractivity contribution in [3.05, 3.63) is 23.8 Å². The standard InChI is InChI=1S/C16H26N2O5S/c1-12-10-18(11-13(2)23-12)24(19,20)17-8-7-14-5-6-15(21-3)16(9-14)22-4/h5-6,9,12-13,17H,7-8,10-11H2,1-4H3. The minimum Gasteiger partial charge on any atom is -0.493 e. The van der Waals surface area contributed by atoms with E-state index in [1.807, 2.05) is 32.0 Å². The molecule has 2 atom stereocenters. The second-order valence-electron chi connectivity index (χ2n) is 5.91. The van der Waals surface area contributed by atoms with Crippen LogP contribution in [0.4, 0.5) is 0 Å². The van der Waals surface area contributed by atoms with E-state index in [1.54, 1.807) is 14.2 Å². The van der Waals surface area contributed by atoms with E-state index in [9.17, 15) is 8.42 Å². The van der Waals surface area contributed by atoms with Crippen LogP contribution in [0.15, 0.2) is 18.2 Å². The lowest BCUT2D eigenvalue weighted by Crippen LogP contribution is -2.52. The molecule has 1 heterocycles. The number of ether oxygens (including phenoxy) is 3. The van der Waals surface area contributed by atoms with Gasteiger partial charge in [-0.1, -0.05) is 6.07 Å². The van der Waals surface area contributed by atoms with Crippen molar-refractivity contribution >= 4 is 10.2 Å². The van der Waals surface area contributed by atoms with E-state index in [-0.39, 0.29) is 12.2 Å². The van der Waals surface area contributed by atoms with Gasteiger partial charge >= 0.3 is 0 Å². The Kier molecular flexibility index (Phi) is 6.45. The number of nitrogens with one attached hydrogen (secondary N) is 1. The molecule has 8 heteroatoms. The lowest BCUT2D eigenvalue weighted by Gasteiger charge is -2.34. The molecule has 2 rings (SSSR count). The molecule has 24 heavy (non-hydrogen) atoms. The first-order valence-corrected chi connectivity index (χ1v) is 9.41. The van der Waals surface area contributed by atoms with E-state index < -0.39 is 10.2 Å². The third kappa shape index (κ3) is 4.83. The van der Waals surface area contributed by atoms with Crippen molar-refractivity contribution in [1.82, 2.24) is 9.03 Å². The predicted molar refractivity (Wildman–Crippen MR) is 91.8 cm³/mol. The van der Waals surface area contributed by atoms with Crippen LogP contribution in [0, 0.1) is 0 Å². The third-order valence-corrected chi connectivity index (χ3v) is 5.42. The first-order valence-electron chi connectivity index (χ1n) is 7.96. The van der Waals surface area contributed by atoms with E-state index >= 15 is 0 Å². The van der Waals surface area contributed by atoms with Crippen LogP contribution >= 0.6 is 0 Å². The maximum atomic E-state index is 12.4. The Hall–Kier alpha value is -1.35. The van der Waals surface area contributed by atoms with Crippen molar-refractivity contribution in [2.24, 2.45) is 0 Å². The smallest absolute Gasteiger partial charge is 0.279 e. The lowest BCUT2D eigenvalue weighted by molar-refractivity contribution is -0.0443. The highest BCUT2D eigenvalue weighted by molar-refractivity contribution is 7.87. The second-order valence-corrected chi connectivity index (χ2v) is 7.67. The maximum absolute atomic E-state index is 12.4. The fraction of sp³-hybridized carbons (Fsp3) is 0.625. The van der Waals surface area contributed by atoms with Crippen LogP contribution in [-0.4, -0.2) is 58.8 Å².